The Balaban J connectivity index is 1.29. The molecule has 54 heavy (non-hydrogen) atoms. The summed E-state index contributed by atoms with van der Waals surface area (Å²) in [5, 5.41) is 4.87. The van der Waals surface area contributed by atoms with Crippen molar-refractivity contribution in [1.29, 1.82) is 0 Å². The molecule has 0 saturated heterocycles. The van der Waals surface area contributed by atoms with Gasteiger partial charge in [-0.3, -0.25) is 0 Å². The van der Waals surface area contributed by atoms with Crippen LogP contribution in [0.4, 0.5) is 17.1 Å². The number of aromatic nitrogens is 1. The van der Waals surface area contributed by atoms with Crippen molar-refractivity contribution in [3.63, 3.8) is 0 Å². The Morgan fingerprint density at radius 3 is 1.61 bits per heavy atom. The van der Waals surface area contributed by atoms with E-state index < -0.39 is 0 Å². The number of fused-ring (bicyclic) bond motifs is 4. The van der Waals surface area contributed by atoms with E-state index in [2.05, 4.69) is 228 Å². The van der Waals surface area contributed by atoms with Crippen LogP contribution >= 0.6 is 0 Å². The smallest absolute Gasteiger partial charge is 0.0618 e. The molecule has 0 N–H and O–H groups in total. The third kappa shape index (κ3) is 5.36. The van der Waals surface area contributed by atoms with Gasteiger partial charge >= 0.3 is 0 Å². The molecule has 0 aliphatic heterocycles. The Hall–Kier alpha value is -7.16. The maximum atomic E-state index is 2.50. The second kappa shape index (κ2) is 13.4. The first-order chi connectivity index (χ1) is 26.8. The zero-order chi connectivity index (χ0) is 35.8. The summed E-state index contributed by atoms with van der Waals surface area (Å²) >= 11 is 0. The van der Waals surface area contributed by atoms with Crippen LogP contribution in [0.25, 0.3) is 71.6 Å². The molecule has 1 aromatic heterocycles. The van der Waals surface area contributed by atoms with Gasteiger partial charge in [0.25, 0.3) is 0 Å². The summed E-state index contributed by atoms with van der Waals surface area (Å²) < 4.78 is 2.50. The van der Waals surface area contributed by atoms with Gasteiger partial charge in [0.1, 0.15) is 0 Å². The number of para-hydroxylation sites is 4. The van der Waals surface area contributed by atoms with Crippen molar-refractivity contribution in [2.75, 3.05) is 4.90 Å². The molecular weight excluding hydrogens is 653 g/mol. The van der Waals surface area contributed by atoms with Crippen LogP contribution in [0.5, 0.6) is 0 Å². The predicted octanol–water partition coefficient (Wildman–Crippen LogP) is 14.4. The molecule has 0 unspecified atom stereocenters. The summed E-state index contributed by atoms with van der Waals surface area (Å²) in [7, 11) is 0. The van der Waals surface area contributed by atoms with Crippen LogP contribution in [0.2, 0.25) is 0 Å². The fourth-order valence-electron chi connectivity index (χ4n) is 8.17. The number of anilines is 3. The van der Waals surface area contributed by atoms with Crippen LogP contribution in [0.3, 0.4) is 0 Å². The van der Waals surface area contributed by atoms with Gasteiger partial charge in [-0.05, 0) is 69.9 Å². The van der Waals surface area contributed by atoms with Crippen LogP contribution < -0.4 is 4.90 Å². The minimum absolute atomic E-state index is 1.10. The number of hydrogen-bond donors (Lipinski definition) is 0. The summed E-state index contributed by atoms with van der Waals surface area (Å²) in [4.78, 5) is 2.45. The standard InChI is InChI=1S/C52H36N2/c1-4-19-38(20-5-1)44-28-16-29-45(39-21-6-2-7-22-39)52(44)54-48-31-15-13-27-46(48)51-49(32-17-33-50(51)54)53(42-24-8-3-9-25-42)47-30-14-12-26-43(47)41-35-34-37-18-10-11-23-40(37)36-41/h1-36H. The highest BCUT2D eigenvalue weighted by Crippen LogP contribution is 2.48. The fraction of sp³-hybridized carbons (Fsp3) is 0. The van der Waals surface area contributed by atoms with E-state index in [9.17, 15) is 0 Å². The molecule has 0 amide bonds. The van der Waals surface area contributed by atoms with Crippen molar-refractivity contribution in [2.24, 2.45) is 0 Å². The summed E-state index contributed by atoms with van der Waals surface area (Å²) in [5.41, 5.74) is 13.9. The summed E-state index contributed by atoms with van der Waals surface area (Å²) in [6.07, 6.45) is 0. The van der Waals surface area contributed by atoms with Crippen molar-refractivity contribution >= 4 is 49.6 Å². The lowest BCUT2D eigenvalue weighted by Gasteiger charge is -2.29. The maximum Gasteiger partial charge on any atom is 0.0618 e. The molecule has 1 heterocycles. The van der Waals surface area contributed by atoms with Crippen LogP contribution in [0.15, 0.2) is 218 Å². The van der Waals surface area contributed by atoms with Crippen LogP contribution in [-0.2, 0) is 0 Å². The van der Waals surface area contributed by atoms with Crippen molar-refractivity contribution < 1.29 is 0 Å². The molecule has 0 saturated carbocycles. The topological polar surface area (TPSA) is 8.17 Å². The monoisotopic (exact) mass is 688 g/mol. The average molecular weight is 689 g/mol. The van der Waals surface area contributed by atoms with E-state index in [1.54, 1.807) is 0 Å². The van der Waals surface area contributed by atoms with Gasteiger partial charge in [-0.2, -0.15) is 0 Å². The Morgan fingerprint density at radius 1 is 0.333 bits per heavy atom. The van der Waals surface area contributed by atoms with Gasteiger partial charge in [-0.1, -0.05) is 176 Å². The van der Waals surface area contributed by atoms with Gasteiger partial charge in [0.05, 0.1) is 28.1 Å². The Kier molecular flexibility index (Phi) is 7.85. The molecule has 9 aromatic carbocycles. The number of benzene rings is 9. The van der Waals surface area contributed by atoms with E-state index in [0.717, 1.165) is 28.1 Å². The third-order valence-corrected chi connectivity index (χ3v) is 10.6. The minimum Gasteiger partial charge on any atom is -0.309 e. The fourth-order valence-corrected chi connectivity index (χ4v) is 8.17. The maximum absolute atomic E-state index is 2.50. The first-order valence-electron chi connectivity index (χ1n) is 18.5. The average Bonchev–Trinajstić information content (AvgIpc) is 3.59. The second-order valence-electron chi connectivity index (χ2n) is 13.7. The highest BCUT2D eigenvalue weighted by Gasteiger charge is 2.25. The molecule has 0 fully saturated rings. The van der Waals surface area contributed by atoms with E-state index in [-0.39, 0.29) is 0 Å². The van der Waals surface area contributed by atoms with Crippen molar-refractivity contribution in [3.8, 4) is 39.1 Å². The van der Waals surface area contributed by atoms with E-state index in [1.807, 2.05) is 0 Å². The molecule has 0 atom stereocenters. The SMILES string of the molecule is c1ccc(-c2cccc(-c3ccccc3)c2-n2c3ccccc3c3c(N(c4ccccc4)c4ccccc4-c4ccc5ccccc5c4)cccc32)cc1. The zero-order valence-corrected chi connectivity index (χ0v) is 29.7. The lowest BCUT2D eigenvalue weighted by molar-refractivity contribution is 1.18. The molecule has 0 bridgehead atoms. The first-order valence-corrected chi connectivity index (χ1v) is 18.5. The lowest BCUT2D eigenvalue weighted by Crippen LogP contribution is -2.11. The summed E-state index contributed by atoms with van der Waals surface area (Å²) in [5.74, 6) is 0. The number of nitrogens with zero attached hydrogens (tertiary/aromatic N) is 2. The highest BCUT2D eigenvalue weighted by molar-refractivity contribution is 6.17. The van der Waals surface area contributed by atoms with Gasteiger partial charge < -0.3 is 9.47 Å². The highest BCUT2D eigenvalue weighted by atomic mass is 15.2. The summed E-state index contributed by atoms with van der Waals surface area (Å²) in [6.45, 7) is 0. The minimum atomic E-state index is 1.10. The Labute approximate surface area is 315 Å². The van der Waals surface area contributed by atoms with E-state index in [4.69, 9.17) is 0 Å². The first kappa shape index (κ1) is 31.6. The molecule has 2 heteroatoms. The quantitative estimate of drug-likeness (QED) is 0.162. The zero-order valence-electron chi connectivity index (χ0n) is 29.7. The third-order valence-electron chi connectivity index (χ3n) is 10.6. The largest absolute Gasteiger partial charge is 0.309 e. The van der Waals surface area contributed by atoms with Crippen LogP contribution in [0.1, 0.15) is 0 Å². The van der Waals surface area contributed by atoms with Crippen molar-refractivity contribution in [1.82, 2.24) is 4.57 Å². The van der Waals surface area contributed by atoms with Crippen molar-refractivity contribution in [3.05, 3.63) is 218 Å². The Morgan fingerprint density at radius 2 is 0.870 bits per heavy atom. The van der Waals surface area contributed by atoms with Crippen LogP contribution in [-0.4, -0.2) is 4.57 Å². The molecule has 10 aromatic rings. The summed E-state index contributed by atoms with van der Waals surface area (Å²) in [6, 6.07) is 78.9. The van der Waals surface area contributed by atoms with E-state index in [1.165, 1.54) is 60.6 Å². The molecule has 254 valence electrons. The molecular formula is C52H36N2. The molecule has 0 spiro atoms. The van der Waals surface area contributed by atoms with Gasteiger partial charge in [0.15, 0.2) is 0 Å². The molecule has 0 aliphatic rings. The van der Waals surface area contributed by atoms with Crippen LogP contribution in [0, 0.1) is 0 Å². The predicted molar refractivity (Wildman–Crippen MR) is 229 cm³/mol. The number of rotatable bonds is 7. The molecule has 10 rings (SSSR count). The van der Waals surface area contributed by atoms with Gasteiger partial charge in [-0.15, -0.1) is 0 Å². The van der Waals surface area contributed by atoms with E-state index in [0.29, 0.717) is 0 Å². The normalized spacial score (nSPS) is 11.3. The second-order valence-corrected chi connectivity index (χ2v) is 13.7. The Bertz CT molecular complexity index is 2870. The van der Waals surface area contributed by atoms with Gasteiger partial charge in [-0.25, -0.2) is 0 Å². The molecule has 0 aliphatic carbocycles. The van der Waals surface area contributed by atoms with E-state index >= 15 is 0 Å². The van der Waals surface area contributed by atoms with Gasteiger partial charge in [0.2, 0.25) is 0 Å². The number of hydrogen-bond acceptors (Lipinski definition) is 1. The van der Waals surface area contributed by atoms with Crippen molar-refractivity contribution in [2.45, 2.75) is 0 Å². The lowest BCUT2D eigenvalue weighted by atomic mass is 9.95. The molecule has 2 nitrogen and oxygen atoms in total. The molecule has 0 radical (unpaired) electrons. The van der Waals surface area contributed by atoms with Gasteiger partial charge in [0, 0.05) is 33.2 Å².